The molecule has 0 fully saturated rings. The summed E-state index contributed by atoms with van der Waals surface area (Å²) in [5.41, 5.74) is 5.90. The van der Waals surface area contributed by atoms with Crippen LogP contribution in [0.25, 0.3) is 22.6 Å². The first-order chi connectivity index (χ1) is 11.3. The molecule has 3 heterocycles. The fourth-order valence-corrected chi connectivity index (χ4v) is 3.54. The molecule has 0 atom stereocenters. The number of thiazole rings is 1. The Morgan fingerprint density at radius 3 is 2.87 bits per heavy atom. The van der Waals surface area contributed by atoms with Crippen LogP contribution in [-0.2, 0) is 7.05 Å². The van der Waals surface area contributed by atoms with E-state index in [1.807, 2.05) is 48.1 Å². The number of thiophene rings is 1. The van der Waals surface area contributed by atoms with E-state index in [-0.39, 0.29) is 0 Å². The zero-order valence-corrected chi connectivity index (χ0v) is 13.9. The normalized spacial score (nSPS) is 11.5. The number of rotatable bonds is 4. The van der Waals surface area contributed by atoms with Crippen molar-refractivity contribution in [2.24, 2.45) is 12.1 Å². The van der Waals surface area contributed by atoms with E-state index in [1.165, 1.54) is 11.3 Å². The molecule has 0 bridgehead atoms. The van der Waals surface area contributed by atoms with Gasteiger partial charge in [0.25, 0.3) is 0 Å². The summed E-state index contributed by atoms with van der Waals surface area (Å²) in [5, 5.41) is 8.97. The first-order valence-corrected chi connectivity index (χ1v) is 8.77. The molecule has 0 spiro atoms. The van der Waals surface area contributed by atoms with E-state index in [1.54, 1.807) is 17.6 Å². The summed E-state index contributed by atoms with van der Waals surface area (Å²) in [6.45, 7) is 0. The molecule has 4 aromatic rings. The zero-order valence-electron chi connectivity index (χ0n) is 12.3. The number of benzene rings is 1. The van der Waals surface area contributed by atoms with Crippen LogP contribution in [0.15, 0.2) is 52.3 Å². The second-order valence-electron chi connectivity index (χ2n) is 4.91. The number of hydrogen-bond donors (Lipinski definition) is 1. The van der Waals surface area contributed by atoms with E-state index >= 15 is 0 Å². The van der Waals surface area contributed by atoms with Gasteiger partial charge in [-0.25, -0.2) is 9.97 Å². The van der Waals surface area contributed by atoms with Gasteiger partial charge in [0, 0.05) is 17.3 Å². The molecule has 5 nitrogen and oxygen atoms in total. The zero-order chi connectivity index (χ0) is 15.6. The highest BCUT2D eigenvalue weighted by atomic mass is 32.1. The number of para-hydroxylation sites is 2. The minimum Gasteiger partial charge on any atom is -0.326 e. The molecule has 0 saturated heterocycles. The van der Waals surface area contributed by atoms with Crippen LogP contribution in [0.4, 0.5) is 5.13 Å². The van der Waals surface area contributed by atoms with Gasteiger partial charge in [0.15, 0.2) is 5.82 Å². The van der Waals surface area contributed by atoms with Crippen molar-refractivity contribution in [3.8, 4) is 11.5 Å². The van der Waals surface area contributed by atoms with Crippen molar-refractivity contribution in [3.05, 3.63) is 52.0 Å². The summed E-state index contributed by atoms with van der Waals surface area (Å²) in [4.78, 5) is 10.3. The quantitative estimate of drug-likeness (QED) is 0.448. The topological polar surface area (TPSA) is 55.1 Å². The van der Waals surface area contributed by atoms with Crippen molar-refractivity contribution in [1.82, 2.24) is 14.5 Å². The van der Waals surface area contributed by atoms with Crippen LogP contribution in [0.5, 0.6) is 0 Å². The molecule has 7 heteroatoms. The largest absolute Gasteiger partial charge is 0.326 e. The van der Waals surface area contributed by atoms with Crippen LogP contribution in [0, 0.1) is 0 Å². The third-order valence-corrected chi connectivity index (χ3v) is 4.97. The molecule has 23 heavy (non-hydrogen) atoms. The first kappa shape index (κ1) is 14.1. The van der Waals surface area contributed by atoms with Crippen molar-refractivity contribution < 1.29 is 0 Å². The van der Waals surface area contributed by atoms with Gasteiger partial charge in [-0.15, -0.1) is 22.7 Å². The number of hydrazone groups is 1. The lowest BCUT2D eigenvalue weighted by Gasteiger charge is -1.98. The first-order valence-electron chi connectivity index (χ1n) is 7.01. The molecule has 0 aliphatic carbocycles. The molecule has 0 saturated carbocycles. The highest BCUT2D eigenvalue weighted by Crippen LogP contribution is 2.26. The predicted molar refractivity (Wildman–Crippen MR) is 97.4 cm³/mol. The molecule has 0 amide bonds. The lowest BCUT2D eigenvalue weighted by Crippen LogP contribution is -1.93. The van der Waals surface area contributed by atoms with Gasteiger partial charge in [0.05, 0.1) is 17.2 Å². The van der Waals surface area contributed by atoms with E-state index in [9.17, 15) is 0 Å². The SMILES string of the molecule is Cn1c(-c2csc(N/N=C\c3cccs3)n2)nc2ccccc21. The van der Waals surface area contributed by atoms with E-state index < -0.39 is 0 Å². The number of anilines is 1. The summed E-state index contributed by atoms with van der Waals surface area (Å²) in [6.07, 6.45) is 1.79. The minimum absolute atomic E-state index is 0.750. The van der Waals surface area contributed by atoms with Gasteiger partial charge in [0.1, 0.15) is 5.69 Å². The van der Waals surface area contributed by atoms with Gasteiger partial charge in [0.2, 0.25) is 5.13 Å². The van der Waals surface area contributed by atoms with Crippen LogP contribution in [0.3, 0.4) is 0 Å². The summed E-state index contributed by atoms with van der Waals surface area (Å²) in [7, 11) is 2.01. The molecule has 0 radical (unpaired) electrons. The van der Waals surface area contributed by atoms with Crippen molar-refractivity contribution in [2.75, 3.05) is 5.43 Å². The average molecular weight is 339 g/mol. The summed E-state index contributed by atoms with van der Waals surface area (Å²) in [6, 6.07) is 12.1. The number of nitrogens with one attached hydrogen (secondary N) is 1. The minimum atomic E-state index is 0.750. The van der Waals surface area contributed by atoms with Gasteiger partial charge in [-0.2, -0.15) is 5.10 Å². The molecular weight excluding hydrogens is 326 g/mol. The van der Waals surface area contributed by atoms with E-state index in [0.29, 0.717) is 0 Å². The van der Waals surface area contributed by atoms with Crippen LogP contribution in [-0.4, -0.2) is 20.7 Å². The highest BCUT2D eigenvalue weighted by Gasteiger charge is 2.12. The standard InChI is InChI=1S/C16H13N5S2/c1-21-14-7-3-2-6-12(14)18-15(21)13-10-23-16(19-13)20-17-9-11-5-4-8-22-11/h2-10H,1H3,(H,19,20)/b17-9-. The van der Waals surface area contributed by atoms with Crippen LogP contribution < -0.4 is 5.43 Å². The molecule has 1 N–H and O–H groups in total. The van der Waals surface area contributed by atoms with Crippen molar-refractivity contribution in [2.45, 2.75) is 0 Å². The summed E-state index contributed by atoms with van der Waals surface area (Å²) in [5.74, 6) is 0.859. The number of imidazole rings is 1. The third kappa shape index (κ3) is 2.76. The molecule has 114 valence electrons. The maximum atomic E-state index is 4.66. The Morgan fingerprint density at radius 2 is 2.04 bits per heavy atom. The van der Waals surface area contributed by atoms with Gasteiger partial charge in [-0.3, -0.25) is 5.43 Å². The Morgan fingerprint density at radius 1 is 1.13 bits per heavy atom. The third-order valence-electron chi connectivity index (χ3n) is 3.42. The lowest BCUT2D eigenvalue weighted by molar-refractivity contribution is 0.953. The van der Waals surface area contributed by atoms with Crippen LogP contribution in [0.2, 0.25) is 0 Å². The van der Waals surface area contributed by atoms with E-state index in [0.717, 1.165) is 32.6 Å². The van der Waals surface area contributed by atoms with Gasteiger partial charge < -0.3 is 4.57 Å². The highest BCUT2D eigenvalue weighted by molar-refractivity contribution is 7.14. The van der Waals surface area contributed by atoms with E-state index in [4.69, 9.17) is 0 Å². The number of hydrogen-bond acceptors (Lipinski definition) is 6. The van der Waals surface area contributed by atoms with Crippen LogP contribution in [0.1, 0.15) is 4.88 Å². The number of aryl methyl sites for hydroxylation is 1. The second kappa shape index (κ2) is 5.94. The lowest BCUT2D eigenvalue weighted by atomic mass is 10.3. The van der Waals surface area contributed by atoms with Crippen molar-refractivity contribution in [3.63, 3.8) is 0 Å². The second-order valence-corrected chi connectivity index (χ2v) is 6.74. The Labute approximate surface area is 141 Å². The fraction of sp³-hybridized carbons (Fsp3) is 0.0625. The average Bonchev–Trinajstić information content (AvgIpc) is 3.29. The van der Waals surface area contributed by atoms with Crippen molar-refractivity contribution >= 4 is 45.1 Å². The summed E-state index contributed by atoms with van der Waals surface area (Å²) < 4.78 is 2.06. The monoisotopic (exact) mass is 339 g/mol. The molecule has 4 rings (SSSR count). The van der Waals surface area contributed by atoms with E-state index in [2.05, 4.69) is 31.1 Å². The molecule has 3 aromatic heterocycles. The fourth-order valence-electron chi connectivity index (χ4n) is 2.32. The number of aromatic nitrogens is 3. The number of nitrogens with zero attached hydrogens (tertiary/aromatic N) is 4. The smallest absolute Gasteiger partial charge is 0.203 e. The molecule has 0 aliphatic rings. The molecular formula is C16H13N5S2. The van der Waals surface area contributed by atoms with Crippen LogP contribution >= 0.6 is 22.7 Å². The number of fused-ring (bicyclic) bond motifs is 1. The predicted octanol–water partition coefficient (Wildman–Crippen LogP) is 4.20. The molecule has 0 unspecified atom stereocenters. The maximum Gasteiger partial charge on any atom is 0.203 e. The van der Waals surface area contributed by atoms with Gasteiger partial charge in [-0.05, 0) is 23.6 Å². The Bertz CT molecular complexity index is 966. The van der Waals surface area contributed by atoms with Gasteiger partial charge in [-0.1, -0.05) is 18.2 Å². The van der Waals surface area contributed by atoms with Gasteiger partial charge >= 0.3 is 0 Å². The Kier molecular flexibility index (Phi) is 3.64. The molecule has 0 aliphatic heterocycles. The van der Waals surface area contributed by atoms with Crippen molar-refractivity contribution in [1.29, 1.82) is 0 Å². The Balaban J connectivity index is 1.58. The Hall–Kier alpha value is -2.51. The molecule has 1 aromatic carbocycles. The maximum absolute atomic E-state index is 4.66. The summed E-state index contributed by atoms with van der Waals surface area (Å²) >= 11 is 3.16.